The van der Waals surface area contributed by atoms with Gasteiger partial charge in [0.1, 0.15) is 11.1 Å². The molecule has 1 aliphatic rings. The maximum absolute atomic E-state index is 5.89. The Balaban J connectivity index is 1.82. The average Bonchev–Trinajstić information content (AvgIpc) is 3.15. The van der Waals surface area contributed by atoms with Crippen LogP contribution in [0.1, 0.15) is 30.3 Å². The Bertz CT molecular complexity index is 803. The molecule has 3 aromatic rings. The van der Waals surface area contributed by atoms with Crippen LogP contribution in [-0.2, 0) is 4.74 Å². The van der Waals surface area contributed by atoms with Gasteiger partial charge in [-0.1, -0.05) is 17.4 Å². The van der Waals surface area contributed by atoms with Crippen LogP contribution in [0, 0.1) is 6.92 Å². The fraction of sp³-hybridized carbons (Fsp3) is 0.357. The molecule has 108 valence electrons. The van der Waals surface area contributed by atoms with E-state index in [-0.39, 0.29) is 6.10 Å². The summed E-state index contributed by atoms with van der Waals surface area (Å²) in [6.07, 6.45) is 2.05. The Morgan fingerprint density at radius 1 is 1.38 bits per heavy atom. The van der Waals surface area contributed by atoms with Gasteiger partial charge < -0.3 is 10.5 Å². The van der Waals surface area contributed by atoms with Gasteiger partial charge in [-0.3, -0.25) is 0 Å². The molecule has 0 saturated carbocycles. The van der Waals surface area contributed by atoms with E-state index in [1.165, 1.54) is 11.3 Å². The minimum atomic E-state index is 0.0110. The standard InChI is InChI=1S/C14H15N5OS/c1-8-4-5-9(15)7-10(8)13-18-19-12(11-3-2-6-20-11)16-17-14(19)21-13/h4-5,7,11H,2-3,6,15H2,1H3. The number of ether oxygens (including phenoxy) is 1. The first-order valence-corrected chi connectivity index (χ1v) is 7.74. The van der Waals surface area contributed by atoms with Crippen LogP contribution >= 0.6 is 11.3 Å². The Kier molecular flexibility index (Phi) is 2.90. The number of hydrogen-bond acceptors (Lipinski definition) is 6. The Labute approximate surface area is 125 Å². The van der Waals surface area contributed by atoms with E-state index in [4.69, 9.17) is 10.5 Å². The van der Waals surface area contributed by atoms with Crippen LogP contribution in [0.15, 0.2) is 18.2 Å². The quantitative estimate of drug-likeness (QED) is 0.736. The number of benzene rings is 1. The predicted octanol–water partition coefficient (Wildman–Crippen LogP) is 2.59. The number of nitrogen functional groups attached to an aromatic ring is 1. The molecule has 0 aliphatic carbocycles. The van der Waals surface area contributed by atoms with Gasteiger partial charge in [-0.05, 0) is 37.5 Å². The fourth-order valence-electron chi connectivity index (χ4n) is 2.59. The van der Waals surface area contributed by atoms with Crippen molar-refractivity contribution in [3.63, 3.8) is 0 Å². The smallest absolute Gasteiger partial charge is 0.235 e. The second-order valence-corrected chi connectivity index (χ2v) is 6.19. The molecular formula is C14H15N5OS. The average molecular weight is 301 g/mol. The van der Waals surface area contributed by atoms with E-state index >= 15 is 0 Å². The minimum absolute atomic E-state index is 0.0110. The summed E-state index contributed by atoms with van der Waals surface area (Å²) in [5.74, 6) is 0.798. The third kappa shape index (κ3) is 2.09. The van der Waals surface area contributed by atoms with E-state index in [0.29, 0.717) is 0 Å². The summed E-state index contributed by atoms with van der Waals surface area (Å²) in [7, 11) is 0. The SMILES string of the molecule is Cc1ccc(N)cc1-c1nn2c(C3CCCO3)nnc2s1. The van der Waals surface area contributed by atoms with E-state index in [1.54, 1.807) is 4.52 Å². The van der Waals surface area contributed by atoms with Gasteiger partial charge in [0, 0.05) is 17.9 Å². The maximum Gasteiger partial charge on any atom is 0.235 e. The molecule has 0 radical (unpaired) electrons. The molecule has 1 unspecified atom stereocenters. The normalized spacial score (nSPS) is 18.6. The van der Waals surface area contributed by atoms with Crippen LogP contribution in [0.3, 0.4) is 0 Å². The first kappa shape index (κ1) is 12.7. The number of aromatic nitrogens is 4. The number of rotatable bonds is 2. The molecule has 1 fully saturated rings. The molecule has 1 aliphatic heterocycles. The second kappa shape index (κ2) is 4.78. The molecule has 0 bridgehead atoms. The number of fused-ring (bicyclic) bond motifs is 1. The van der Waals surface area contributed by atoms with Crippen LogP contribution in [0.2, 0.25) is 0 Å². The van der Waals surface area contributed by atoms with Crippen molar-refractivity contribution < 1.29 is 4.74 Å². The molecule has 2 N–H and O–H groups in total. The fourth-order valence-corrected chi connectivity index (χ4v) is 3.52. The van der Waals surface area contributed by atoms with Gasteiger partial charge in [0.25, 0.3) is 0 Å². The minimum Gasteiger partial charge on any atom is -0.399 e. The van der Waals surface area contributed by atoms with Gasteiger partial charge in [-0.15, -0.1) is 10.2 Å². The van der Waals surface area contributed by atoms with Gasteiger partial charge in [0.15, 0.2) is 5.82 Å². The van der Waals surface area contributed by atoms with Crippen molar-refractivity contribution in [3.05, 3.63) is 29.6 Å². The molecule has 1 atom stereocenters. The number of hydrogen-bond donors (Lipinski definition) is 1. The third-order valence-electron chi connectivity index (χ3n) is 3.72. The summed E-state index contributed by atoms with van der Waals surface area (Å²) in [5.41, 5.74) is 8.81. The molecule has 6 nitrogen and oxygen atoms in total. The second-order valence-electron chi connectivity index (χ2n) is 5.24. The highest BCUT2D eigenvalue weighted by atomic mass is 32.1. The molecule has 7 heteroatoms. The number of anilines is 1. The van der Waals surface area contributed by atoms with Gasteiger partial charge in [-0.2, -0.15) is 9.61 Å². The predicted molar refractivity (Wildman–Crippen MR) is 81.2 cm³/mol. The van der Waals surface area contributed by atoms with Gasteiger partial charge >= 0.3 is 0 Å². The lowest BCUT2D eigenvalue weighted by molar-refractivity contribution is 0.103. The summed E-state index contributed by atoms with van der Waals surface area (Å²) in [6.45, 7) is 2.84. The number of nitrogens with zero attached hydrogens (tertiary/aromatic N) is 4. The summed E-state index contributed by atoms with van der Waals surface area (Å²) in [6, 6.07) is 5.86. The third-order valence-corrected chi connectivity index (χ3v) is 4.66. The summed E-state index contributed by atoms with van der Waals surface area (Å²) >= 11 is 1.52. The molecule has 0 amide bonds. The van der Waals surface area contributed by atoms with Crippen LogP contribution in [0.4, 0.5) is 5.69 Å². The number of nitrogens with two attached hydrogens (primary N) is 1. The zero-order valence-corrected chi connectivity index (χ0v) is 12.4. The van der Waals surface area contributed by atoms with Crippen molar-refractivity contribution in [2.45, 2.75) is 25.9 Å². The molecule has 1 aromatic carbocycles. The highest BCUT2D eigenvalue weighted by Gasteiger charge is 2.25. The Morgan fingerprint density at radius 2 is 2.29 bits per heavy atom. The van der Waals surface area contributed by atoms with Crippen molar-refractivity contribution in [1.82, 2.24) is 19.8 Å². The molecule has 1 saturated heterocycles. The lowest BCUT2D eigenvalue weighted by atomic mass is 10.1. The molecular weight excluding hydrogens is 286 g/mol. The molecule has 4 rings (SSSR count). The van der Waals surface area contributed by atoms with Crippen LogP contribution in [-0.4, -0.2) is 26.4 Å². The van der Waals surface area contributed by atoms with Crippen molar-refractivity contribution in [2.24, 2.45) is 0 Å². The molecule has 0 spiro atoms. The Morgan fingerprint density at radius 3 is 3.10 bits per heavy atom. The molecule has 21 heavy (non-hydrogen) atoms. The summed E-state index contributed by atoms with van der Waals surface area (Å²) in [4.78, 5) is 0.789. The van der Waals surface area contributed by atoms with E-state index in [0.717, 1.165) is 52.1 Å². The van der Waals surface area contributed by atoms with E-state index in [2.05, 4.69) is 22.2 Å². The van der Waals surface area contributed by atoms with Crippen molar-refractivity contribution in [1.29, 1.82) is 0 Å². The highest BCUT2D eigenvalue weighted by molar-refractivity contribution is 7.19. The first-order valence-electron chi connectivity index (χ1n) is 6.92. The van der Waals surface area contributed by atoms with E-state index in [9.17, 15) is 0 Å². The van der Waals surface area contributed by atoms with Gasteiger partial charge in [0.2, 0.25) is 4.96 Å². The van der Waals surface area contributed by atoms with Gasteiger partial charge in [-0.25, -0.2) is 0 Å². The number of aryl methyl sites for hydroxylation is 1. The lowest BCUT2D eigenvalue weighted by Gasteiger charge is -2.05. The van der Waals surface area contributed by atoms with Crippen LogP contribution < -0.4 is 5.73 Å². The first-order chi connectivity index (χ1) is 10.2. The van der Waals surface area contributed by atoms with Crippen molar-refractivity contribution in [3.8, 4) is 10.6 Å². The van der Waals surface area contributed by atoms with Crippen molar-refractivity contribution in [2.75, 3.05) is 12.3 Å². The zero-order valence-electron chi connectivity index (χ0n) is 11.6. The molecule has 3 heterocycles. The van der Waals surface area contributed by atoms with E-state index in [1.807, 2.05) is 18.2 Å². The zero-order chi connectivity index (χ0) is 14.4. The van der Waals surface area contributed by atoms with E-state index < -0.39 is 0 Å². The monoisotopic (exact) mass is 301 g/mol. The highest BCUT2D eigenvalue weighted by Crippen LogP contribution is 2.32. The van der Waals surface area contributed by atoms with Crippen LogP contribution in [0.25, 0.3) is 15.5 Å². The van der Waals surface area contributed by atoms with Crippen molar-refractivity contribution >= 4 is 22.0 Å². The topological polar surface area (TPSA) is 78.3 Å². The van der Waals surface area contributed by atoms with Crippen LogP contribution in [0.5, 0.6) is 0 Å². The summed E-state index contributed by atoms with van der Waals surface area (Å²) < 4.78 is 7.49. The molecule has 2 aromatic heterocycles. The van der Waals surface area contributed by atoms with Gasteiger partial charge in [0.05, 0.1) is 0 Å². The largest absolute Gasteiger partial charge is 0.399 e. The Hall–Kier alpha value is -1.99. The lowest BCUT2D eigenvalue weighted by Crippen LogP contribution is -2.03. The summed E-state index contributed by atoms with van der Waals surface area (Å²) in [5, 5.41) is 14.0. The maximum atomic E-state index is 5.89.